The van der Waals surface area contributed by atoms with E-state index in [0.29, 0.717) is 6.54 Å². The highest BCUT2D eigenvalue weighted by Gasteiger charge is 2.10. The number of hydrogen-bond acceptors (Lipinski definition) is 4. The minimum Gasteiger partial charge on any atom is -0.326 e. The summed E-state index contributed by atoms with van der Waals surface area (Å²) in [6.45, 7) is 5.20. The van der Waals surface area contributed by atoms with Crippen LogP contribution in [-0.4, -0.2) is 14.7 Å². The number of nitrogens with two attached hydrogens (primary N) is 1. The Morgan fingerprint density at radius 1 is 1.30 bits per heavy atom. The lowest BCUT2D eigenvalue weighted by atomic mass is 10.1. The molecule has 0 saturated heterocycles. The summed E-state index contributed by atoms with van der Waals surface area (Å²) >= 11 is 0. The lowest BCUT2D eigenvalue weighted by Crippen LogP contribution is -2.06. The molecular weight excluding hydrogens is 256 g/mol. The molecule has 0 atom stereocenters. The van der Waals surface area contributed by atoms with Crippen molar-refractivity contribution in [2.75, 3.05) is 0 Å². The lowest BCUT2D eigenvalue weighted by Gasteiger charge is -2.05. The van der Waals surface area contributed by atoms with Crippen molar-refractivity contribution < 1.29 is 4.92 Å². The molecule has 6 heteroatoms. The molecule has 0 spiro atoms. The van der Waals surface area contributed by atoms with Crippen LogP contribution in [-0.2, 0) is 19.5 Å². The Bertz CT molecular complexity index is 617. The van der Waals surface area contributed by atoms with Crippen LogP contribution in [0.3, 0.4) is 0 Å². The smallest absolute Gasteiger partial charge is 0.269 e. The van der Waals surface area contributed by atoms with Gasteiger partial charge in [0.05, 0.1) is 10.6 Å². The number of rotatable bonds is 5. The first-order valence-electron chi connectivity index (χ1n) is 6.49. The third-order valence-electron chi connectivity index (χ3n) is 3.49. The molecule has 20 heavy (non-hydrogen) atoms. The predicted octanol–water partition coefficient (Wildman–Crippen LogP) is 2.11. The minimum atomic E-state index is -0.391. The normalized spacial score (nSPS) is 10.8. The molecular formula is C14H18N4O2. The Labute approximate surface area is 117 Å². The maximum atomic E-state index is 10.6. The quantitative estimate of drug-likeness (QED) is 0.668. The number of nitro groups is 1. The van der Waals surface area contributed by atoms with Crippen molar-refractivity contribution in [3.63, 3.8) is 0 Å². The average Bonchev–Trinajstić information content (AvgIpc) is 2.71. The molecule has 1 aromatic carbocycles. The molecule has 106 valence electrons. The van der Waals surface area contributed by atoms with Crippen molar-refractivity contribution in [2.45, 2.75) is 33.4 Å². The zero-order valence-corrected chi connectivity index (χ0v) is 11.7. The van der Waals surface area contributed by atoms with Gasteiger partial charge in [-0.25, -0.2) is 0 Å². The van der Waals surface area contributed by atoms with Crippen molar-refractivity contribution in [1.82, 2.24) is 9.78 Å². The second kappa shape index (κ2) is 5.83. The van der Waals surface area contributed by atoms with E-state index in [-0.39, 0.29) is 5.69 Å². The molecule has 6 nitrogen and oxygen atoms in total. The molecule has 0 aliphatic carbocycles. The summed E-state index contributed by atoms with van der Waals surface area (Å²) in [4.78, 5) is 10.2. The van der Waals surface area contributed by atoms with Crippen LogP contribution >= 0.6 is 0 Å². The van der Waals surface area contributed by atoms with Gasteiger partial charge in [0.15, 0.2) is 0 Å². The van der Waals surface area contributed by atoms with E-state index >= 15 is 0 Å². The van der Waals surface area contributed by atoms with Crippen LogP contribution in [0.5, 0.6) is 0 Å². The van der Waals surface area contributed by atoms with Gasteiger partial charge in [-0.1, -0.05) is 12.1 Å². The topological polar surface area (TPSA) is 87.0 Å². The maximum Gasteiger partial charge on any atom is 0.269 e. The van der Waals surface area contributed by atoms with Crippen LogP contribution in [0.1, 0.15) is 22.5 Å². The largest absolute Gasteiger partial charge is 0.326 e. The highest BCUT2D eigenvalue weighted by Crippen LogP contribution is 2.15. The highest BCUT2D eigenvalue weighted by molar-refractivity contribution is 5.33. The Morgan fingerprint density at radius 2 is 1.95 bits per heavy atom. The Kier molecular flexibility index (Phi) is 4.14. The fourth-order valence-corrected chi connectivity index (χ4v) is 2.27. The van der Waals surface area contributed by atoms with E-state index in [1.165, 1.54) is 12.1 Å². The molecule has 0 unspecified atom stereocenters. The van der Waals surface area contributed by atoms with E-state index in [1.54, 1.807) is 12.1 Å². The number of aromatic nitrogens is 2. The first-order valence-corrected chi connectivity index (χ1v) is 6.49. The molecule has 0 bridgehead atoms. The molecule has 1 heterocycles. The molecule has 1 aromatic heterocycles. The molecule has 2 rings (SSSR count). The molecule has 0 fully saturated rings. The van der Waals surface area contributed by atoms with Gasteiger partial charge in [0.1, 0.15) is 0 Å². The third-order valence-corrected chi connectivity index (χ3v) is 3.49. The Balaban J connectivity index is 2.07. The predicted molar refractivity (Wildman–Crippen MR) is 76.4 cm³/mol. The van der Waals surface area contributed by atoms with Crippen molar-refractivity contribution in [2.24, 2.45) is 5.73 Å². The van der Waals surface area contributed by atoms with Gasteiger partial charge in [0, 0.05) is 36.5 Å². The van der Waals surface area contributed by atoms with Gasteiger partial charge in [-0.3, -0.25) is 14.8 Å². The summed E-state index contributed by atoms with van der Waals surface area (Å²) in [5, 5.41) is 15.1. The summed E-state index contributed by atoms with van der Waals surface area (Å²) in [6.07, 6.45) is 0.782. The van der Waals surface area contributed by atoms with E-state index in [0.717, 1.165) is 35.5 Å². The van der Waals surface area contributed by atoms with Crippen LogP contribution < -0.4 is 5.73 Å². The zero-order chi connectivity index (χ0) is 14.7. The molecule has 2 N–H and O–H groups in total. The standard InChI is InChI=1S/C14H18N4O2/c1-10-14(9-15)11(2)17(16-10)8-7-12-3-5-13(6-4-12)18(19)20/h3-6H,7-9,15H2,1-2H3. The van der Waals surface area contributed by atoms with Crippen molar-refractivity contribution in [3.8, 4) is 0 Å². The molecule has 0 radical (unpaired) electrons. The van der Waals surface area contributed by atoms with Crippen molar-refractivity contribution in [3.05, 3.63) is 56.9 Å². The molecule has 0 saturated carbocycles. The third kappa shape index (κ3) is 2.85. The Morgan fingerprint density at radius 3 is 2.45 bits per heavy atom. The van der Waals surface area contributed by atoms with E-state index in [1.807, 2.05) is 18.5 Å². The minimum absolute atomic E-state index is 0.116. The average molecular weight is 274 g/mol. The van der Waals surface area contributed by atoms with Crippen LogP contribution in [0.2, 0.25) is 0 Å². The number of hydrogen-bond donors (Lipinski definition) is 1. The SMILES string of the molecule is Cc1nn(CCc2ccc([N+](=O)[O-])cc2)c(C)c1CN. The second-order valence-electron chi connectivity index (χ2n) is 4.75. The summed E-state index contributed by atoms with van der Waals surface area (Å²) in [7, 11) is 0. The van der Waals surface area contributed by atoms with Gasteiger partial charge >= 0.3 is 0 Å². The van der Waals surface area contributed by atoms with E-state index < -0.39 is 4.92 Å². The number of nitro benzene ring substituents is 1. The van der Waals surface area contributed by atoms with Gasteiger partial charge < -0.3 is 5.73 Å². The van der Waals surface area contributed by atoms with E-state index in [2.05, 4.69) is 5.10 Å². The molecule has 2 aromatic rings. The van der Waals surface area contributed by atoms with Gasteiger partial charge in [-0.15, -0.1) is 0 Å². The van der Waals surface area contributed by atoms with Crippen LogP contribution in [0.25, 0.3) is 0 Å². The summed E-state index contributed by atoms with van der Waals surface area (Å²) in [5.41, 5.74) is 10.0. The Hall–Kier alpha value is -2.21. The lowest BCUT2D eigenvalue weighted by molar-refractivity contribution is -0.384. The zero-order valence-electron chi connectivity index (χ0n) is 11.7. The van der Waals surface area contributed by atoms with E-state index in [9.17, 15) is 10.1 Å². The fraction of sp³-hybridized carbons (Fsp3) is 0.357. The van der Waals surface area contributed by atoms with E-state index in [4.69, 9.17) is 5.73 Å². The van der Waals surface area contributed by atoms with Gasteiger partial charge in [-0.2, -0.15) is 5.10 Å². The number of nitrogens with zero attached hydrogens (tertiary/aromatic N) is 3. The molecule has 0 aliphatic heterocycles. The first kappa shape index (κ1) is 14.2. The summed E-state index contributed by atoms with van der Waals surface area (Å²) in [6, 6.07) is 6.63. The maximum absolute atomic E-state index is 10.6. The number of aryl methyl sites for hydroxylation is 3. The summed E-state index contributed by atoms with van der Waals surface area (Å²) < 4.78 is 1.94. The molecule has 0 aliphatic rings. The van der Waals surface area contributed by atoms with Gasteiger partial charge in [-0.05, 0) is 25.8 Å². The van der Waals surface area contributed by atoms with Crippen molar-refractivity contribution in [1.29, 1.82) is 0 Å². The second-order valence-corrected chi connectivity index (χ2v) is 4.75. The monoisotopic (exact) mass is 274 g/mol. The van der Waals surface area contributed by atoms with Gasteiger partial charge in [0.2, 0.25) is 0 Å². The van der Waals surface area contributed by atoms with Crippen molar-refractivity contribution >= 4 is 5.69 Å². The van der Waals surface area contributed by atoms with Crippen LogP contribution in [0.15, 0.2) is 24.3 Å². The van der Waals surface area contributed by atoms with Gasteiger partial charge in [0.25, 0.3) is 5.69 Å². The fourth-order valence-electron chi connectivity index (χ4n) is 2.27. The van der Waals surface area contributed by atoms with Crippen LogP contribution in [0.4, 0.5) is 5.69 Å². The highest BCUT2D eigenvalue weighted by atomic mass is 16.6. The number of non-ortho nitro benzene ring substituents is 1. The number of benzene rings is 1. The molecule has 0 amide bonds. The summed E-state index contributed by atoms with van der Waals surface area (Å²) in [5.74, 6) is 0. The van der Waals surface area contributed by atoms with Crippen LogP contribution in [0, 0.1) is 24.0 Å². The first-order chi connectivity index (χ1) is 9.52.